The minimum Gasteiger partial charge on any atom is -0.310 e. The maximum atomic E-state index is 12.3. The normalized spacial score (nSPS) is 31.9. The molecule has 2 saturated heterocycles. The van der Waals surface area contributed by atoms with E-state index in [-0.39, 0.29) is 11.7 Å². The summed E-state index contributed by atoms with van der Waals surface area (Å²) in [4.78, 5) is 12.3. The number of benzene rings is 1. The number of halogens is 1. The fourth-order valence-electron chi connectivity index (χ4n) is 2.94. The highest BCUT2D eigenvalue weighted by atomic mass is 35.5. The van der Waals surface area contributed by atoms with E-state index in [0.29, 0.717) is 17.1 Å². The summed E-state index contributed by atoms with van der Waals surface area (Å²) in [6, 6.07) is 8.22. The van der Waals surface area contributed by atoms with Gasteiger partial charge in [-0.15, -0.1) is 0 Å². The summed E-state index contributed by atoms with van der Waals surface area (Å²) in [7, 11) is 0. The molecular formula is C13H14ClNO. The van der Waals surface area contributed by atoms with Crippen molar-refractivity contribution in [3.63, 3.8) is 0 Å². The van der Waals surface area contributed by atoms with Crippen molar-refractivity contribution in [2.45, 2.75) is 31.3 Å². The summed E-state index contributed by atoms with van der Waals surface area (Å²) in [6.07, 6.45) is 3.38. The van der Waals surface area contributed by atoms with Crippen LogP contribution in [-0.2, 0) is 0 Å². The molecule has 2 aliphatic rings. The van der Waals surface area contributed by atoms with Gasteiger partial charge in [-0.05, 0) is 43.5 Å². The van der Waals surface area contributed by atoms with E-state index in [1.165, 1.54) is 6.42 Å². The molecule has 0 aromatic heterocycles. The Kier molecular flexibility index (Phi) is 2.49. The third-order valence-electron chi connectivity index (χ3n) is 3.77. The number of ketones is 1. The van der Waals surface area contributed by atoms with Crippen LogP contribution in [0.1, 0.15) is 29.6 Å². The van der Waals surface area contributed by atoms with E-state index >= 15 is 0 Å². The lowest BCUT2D eigenvalue weighted by Crippen LogP contribution is -2.28. The molecule has 0 spiro atoms. The van der Waals surface area contributed by atoms with Crippen LogP contribution in [0.2, 0.25) is 5.02 Å². The van der Waals surface area contributed by atoms with Crippen LogP contribution < -0.4 is 5.32 Å². The molecule has 0 aliphatic carbocycles. The third-order valence-corrected chi connectivity index (χ3v) is 4.02. The summed E-state index contributed by atoms with van der Waals surface area (Å²) >= 11 is 5.82. The Morgan fingerprint density at radius 3 is 2.56 bits per heavy atom. The van der Waals surface area contributed by atoms with Gasteiger partial charge < -0.3 is 5.32 Å². The number of carbonyl (C=O) groups excluding carboxylic acids is 1. The number of fused-ring (bicyclic) bond motifs is 2. The predicted octanol–water partition coefficient (Wildman–Crippen LogP) is 2.66. The van der Waals surface area contributed by atoms with Crippen molar-refractivity contribution in [1.82, 2.24) is 5.32 Å². The van der Waals surface area contributed by atoms with Crippen molar-refractivity contribution < 1.29 is 4.79 Å². The second kappa shape index (κ2) is 3.86. The highest BCUT2D eigenvalue weighted by molar-refractivity contribution is 6.30. The molecule has 84 valence electrons. The van der Waals surface area contributed by atoms with Crippen LogP contribution in [0.3, 0.4) is 0 Å². The highest BCUT2D eigenvalue weighted by Gasteiger charge is 2.42. The number of hydrogen-bond acceptors (Lipinski definition) is 2. The van der Waals surface area contributed by atoms with Gasteiger partial charge in [-0.3, -0.25) is 4.79 Å². The summed E-state index contributed by atoms with van der Waals surface area (Å²) in [5.41, 5.74) is 0.795. The quantitative estimate of drug-likeness (QED) is 0.799. The number of carbonyl (C=O) groups is 1. The number of rotatable bonds is 2. The van der Waals surface area contributed by atoms with E-state index in [1.807, 2.05) is 12.1 Å². The van der Waals surface area contributed by atoms with Gasteiger partial charge in [-0.1, -0.05) is 11.6 Å². The molecule has 1 N–H and O–H groups in total. The summed E-state index contributed by atoms with van der Waals surface area (Å²) < 4.78 is 0. The van der Waals surface area contributed by atoms with Crippen LogP contribution in [0, 0.1) is 5.92 Å². The molecule has 2 aliphatic heterocycles. The Morgan fingerprint density at radius 2 is 2.00 bits per heavy atom. The zero-order chi connectivity index (χ0) is 11.1. The molecule has 3 rings (SSSR count). The average Bonchev–Trinajstić information content (AvgIpc) is 2.91. The molecular weight excluding hydrogens is 222 g/mol. The highest BCUT2D eigenvalue weighted by Crippen LogP contribution is 2.35. The van der Waals surface area contributed by atoms with E-state index in [2.05, 4.69) is 5.32 Å². The molecule has 3 atom stereocenters. The van der Waals surface area contributed by atoms with Crippen molar-refractivity contribution in [2.24, 2.45) is 5.92 Å². The van der Waals surface area contributed by atoms with Gasteiger partial charge in [0.2, 0.25) is 0 Å². The largest absolute Gasteiger partial charge is 0.310 e. The maximum absolute atomic E-state index is 12.3. The summed E-state index contributed by atoms with van der Waals surface area (Å²) in [6.45, 7) is 0. The minimum atomic E-state index is 0.180. The predicted molar refractivity (Wildman–Crippen MR) is 63.8 cm³/mol. The van der Waals surface area contributed by atoms with E-state index < -0.39 is 0 Å². The van der Waals surface area contributed by atoms with E-state index in [1.54, 1.807) is 12.1 Å². The molecule has 0 amide bonds. The Balaban J connectivity index is 1.80. The molecule has 0 saturated carbocycles. The van der Waals surface area contributed by atoms with Crippen LogP contribution in [-0.4, -0.2) is 17.9 Å². The molecule has 1 aromatic carbocycles. The van der Waals surface area contributed by atoms with Crippen LogP contribution in [0.5, 0.6) is 0 Å². The lowest BCUT2D eigenvalue weighted by atomic mass is 9.84. The molecule has 2 nitrogen and oxygen atoms in total. The topological polar surface area (TPSA) is 29.1 Å². The Morgan fingerprint density at radius 1 is 1.25 bits per heavy atom. The SMILES string of the molecule is O=C(c1ccc(Cl)cc1)C1CC2CCC1N2. The fraction of sp³-hybridized carbons (Fsp3) is 0.462. The molecule has 0 radical (unpaired) electrons. The van der Waals surface area contributed by atoms with Crippen molar-refractivity contribution in [3.8, 4) is 0 Å². The van der Waals surface area contributed by atoms with E-state index in [9.17, 15) is 4.79 Å². The van der Waals surface area contributed by atoms with Gasteiger partial charge in [-0.2, -0.15) is 0 Å². The van der Waals surface area contributed by atoms with Crippen LogP contribution in [0.15, 0.2) is 24.3 Å². The lowest BCUT2D eigenvalue weighted by molar-refractivity contribution is 0.0901. The number of nitrogens with one attached hydrogen (secondary N) is 1. The first kappa shape index (κ1) is 10.3. The van der Waals surface area contributed by atoms with Gasteiger partial charge in [0.05, 0.1) is 0 Å². The first-order chi connectivity index (χ1) is 7.74. The van der Waals surface area contributed by atoms with Gasteiger partial charge in [0, 0.05) is 28.6 Å². The average molecular weight is 236 g/mol. The molecule has 3 heteroatoms. The molecule has 3 unspecified atom stereocenters. The van der Waals surface area contributed by atoms with Crippen molar-refractivity contribution in [1.29, 1.82) is 0 Å². The molecule has 16 heavy (non-hydrogen) atoms. The van der Waals surface area contributed by atoms with Gasteiger partial charge in [-0.25, -0.2) is 0 Å². The standard InChI is InChI=1S/C13H14ClNO/c14-9-3-1-8(2-4-9)13(16)11-7-10-5-6-12(11)15-10/h1-4,10-12,15H,5-7H2. The number of hydrogen-bond donors (Lipinski definition) is 1. The van der Waals surface area contributed by atoms with Crippen LogP contribution >= 0.6 is 11.6 Å². The van der Waals surface area contributed by atoms with Gasteiger partial charge in [0.15, 0.2) is 5.78 Å². The van der Waals surface area contributed by atoms with Gasteiger partial charge in [0.1, 0.15) is 0 Å². The fourth-order valence-corrected chi connectivity index (χ4v) is 3.07. The van der Waals surface area contributed by atoms with Crippen molar-refractivity contribution in [2.75, 3.05) is 0 Å². The Hall–Kier alpha value is -0.860. The lowest BCUT2D eigenvalue weighted by Gasteiger charge is -2.18. The van der Waals surface area contributed by atoms with E-state index in [4.69, 9.17) is 11.6 Å². The second-order valence-corrected chi connectivity index (χ2v) is 5.20. The van der Waals surface area contributed by atoms with Gasteiger partial charge >= 0.3 is 0 Å². The van der Waals surface area contributed by atoms with E-state index in [0.717, 1.165) is 18.4 Å². The third kappa shape index (κ3) is 1.66. The maximum Gasteiger partial charge on any atom is 0.167 e. The smallest absolute Gasteiger partial charge is 0.167 e. The zero-order valence-electron chi connectivity index (χ0n) is 8.95. The monoisotopic (exact) mass is 235 g/mol. The van der Waals surface area contributed by atoms with Gasteiger partial charge in [0.25, 0.3) is 0 Å². The molecule has 2 heterocycles. The van der Waals surface area contributed by atoms with Crippen LogP contribution in [0.25, 0.3) is 0 Å². The molecule has 2 fully saturated rings. The minimum absolute atomic E-state index is 0.180. The Labute approximate surface area is 100.0 Å². The number of Topliss-reactive ketones (excluding diaryl/α,β-unsaturated/α-hetero) is 1. The van der Waals surface area contributed by atoms with Crippen LogP contribution in [0.4, 0.5) is 0 Å². The molecule has 1 aromatic rings. The first-order valence-corrected chi connectivity index (χ1v) is 6.17. The summed E-state index contributed by atoms with van der Waals surface area (Å²) in [5.74, 6) is 0.455. The first-order valence-electron chi connectivity index (χ1n) is 5.80. The second-order valence-electron chi connectivity index (χ2n) is 4.76. The van der Waals surface area contributed by atoms with Crippen molar-refractivity contribution in [3.05, 3.63) is 34.9 Å². The Bertz CT molecular complexity index is 414. The summed E-state index contributed by atoms with van der Waals surface area (Å²) in [5, 5.41) is 4.18. The molecule has 2 bridgehead atoms. The zero-order valence-corrected chi connectivity index (χ0v) is 9.70. The van der Waals surface area contributed by atoms with Crippen molar-refractivity contribution >= 4 is 17.4 Å².